The van der Waals surface area contributed by atoms with Crippen molar-refractivity contribution in [2.45, 2.75) is 17.9 Å². The first kappa shape index (κ1) is 15.3. The van der Waals surface area contributed by atoms with Gasteiger partial charge in [0.15, 0.2) is 0 Å². The maximum absolute atomic E-state index is 12.9. The van der Waals surface area contributed by atoms with E-state index in [1.165, 1.54) is 18.2 Å². The Morgan fingerprint density at radius 2 is 1.76 bits per heavy atom. The van der Waals surface area contributed by atoms with Crippen molar-refractivity contribution in [3.8, 4) is 0 Å². The lowest BCUT2D eigenvalue weighted by Gasteiger charge is -2.18. The van der Waals surface area contributed by atoms with Crippen molar-refractivity contribution in [1.82, 2.24) is 0 Å². The summed E-state index contributed by atoms with van der Waals surface area (Å²) in [6.07, 6.45) is 0. The number of rotatable bonds is 4. The molecule has 112 valence electrons. The van der Waals surface area contributed by atoms with Crippen molar-refractivity contribution >= 4 is 21.4 Å². The molecule has 0 saturated carbocycles. The van der Waals surface area contributed by atoms with Crippen LogP contribution in [-0.4, -0.2) is 8.42 Å². The zero-order valence-electron chi connectivity index (χ0n) is 11.4. The Bertz CT molecular complexity index is 745. The van der Waals surface area contributed by atoms with E-state index < -0.39 is 10.0 Å². The van der Waals surface area contributed by atoms with Crippen molar-refractivity contribution in [3.63, 3.8) is 0 Å². The molecule has 0 saturated heterocycles. The number of anilines is 2. The van der Waals surface area contributed by atoms with Gasteiger partial charge < -0.3 is 11.1 Å². The molecular weight excluding hydrogens is 293 g/mol. The molecule has 0 spiro atoms. The van der Waals surface area contributed by atoms with Crippen LogP contribution in [0.25, 0.3) is 0 Å². The minimum absolute atomic E-state index is 0.0639. The number of benzene rings is 2. The van der Waals surface area contributed by atoms with Crippen LogP contribution >= 0.6 is 0 Å². The first-order valence-electron chi connectivity index (χ1n) is 6.22. The number of sulfonamides is 1. The first-order valence-corrected chi connectivity index (χ1v) is 7.77. The zero-order valence-corrected chi connectivity index (χ0v) is 12.2. The highest BCUT2D eigenvalue weighted by Crippen LogP contribution is 2.29. The lowest BCUT2D eigenvalue weighted by molar-refractivity contribution is 0.598. The van der Waals surface area contributed by atoms with E-state index in [9.17, 15) is 12.8 Å². The van der Waals surface area contributed by atoms with E-state index in [0.717, 1.165) is 5.56 Å². The molecule has 0 aliphatic rings. The van der Waals surface area contributed by atoms with Crippen LogP contribution in [0, 0.1) is 5.82 Å². The molecule has 1 unspecified atom stereocenters. The van der Waals surface area contributed by atoms with E-state index in [4.69, 9.17) is 10.9 Å². The first-order chi connectivity index (χ1) is 9.79. The lowest BCUT2D eigenvalue weighted by atomic mass is 10.1. The van der Waals surface area contributed by atoms with Crippen LogP contribution in [0.1, 0.15) is 18.5 Å². The largest absolute Gasteiger partial charge is 0.396 e. The van der Waals surface area contributed by atoms with Crippen LogP contribution in [-0.2, 0) is 10.0 Å². The maximum Gasteiger partial charge on any atom is 0.240 e. The third kappa shape index (κ3) is 3.50. The molecule has 2 aromatic rings. The van der Waals surface area contributed by atoms with E-state index in [0.29, 0.717) is 5.69 Å². The fraction of sp³-hybridized carbons (Fsp3) is 0.143. The van der Waals surface area contributed by atoms with E-state index in [2.05, 4.69) is 5.32 Å². The molecule has 0 aliphatic carbocycles. The van der Waals surface area contributed by atoms with E-state index in [1.807, 2.05) is 6.92 Å². The SMILES string of the molecule is CC(Nc1cccc(S(N)(=O)=O)c1N)c1ccc(F)cc1. The lowest BCUT2D eigenvalue weighted by Crippen LogP contribution is -2.16. The van der Waals surface area contributed by atoms with Gasteiger partial charge in [-0.05, 0) is 36.8 Å². The van der Waals surface area contributed by atoms with Gasteiger partial charge in [-0.1, -0.05) is 18.2 Å². The molecule has 7 heteroatoms. The normalized spacial score (nSPS) is 12.9. The second kappa shape index (κ2) is 5.71. The smallest absolute Gasteiger partial charge is 0.240 e. The summed E-state index contributed by atoms with van der Waals surface area (Å²) in [4.78, 5) is -0.126. The van der Waals surface area contributed by atoms with Crippen molar-refractivity contribution < 1.29 is 12.8 Å². The number of hydrogen-bond acceptors (Lipinski definition) is 4. The predicted octanol–water partition coefficient (Wildman–Crippen LogP) is 2.23. The second-order valence-corrected chi connectivity index (χ2v) is 6.21. The number of para-hydroxylation sites is 1. The second-order valence-electron chi connectivity index (χ2n) is 4.68. The Kier molecular flexibility index (Phi) is 4.15. The summed E-state index contributed by atoms with van der Waals surface area (Å²) in [7, 11) is -3.88. The number of hydrogen-bond donors (Lipinski definition) is 3. The summed E-state index contributed by atoms with van der Waals surface area (Å²) in [5, 5.41) is 8.20. The highest BCUT2D eigenvalue weighted by Gasteiger charge is 2.16. The highest BCUT2D eigenvalue weighted by atomic mass is 32.2. The zero-order chi connectivity index (χ0) is 15.6. The minimum atomic E-state index is -3.88. The molecule has 0 aromatic heterocycles. The van der Waals surface area contributed by atoms with Gasteiger partial charge in [-0.3, -0.25) is 0 Å². The van der Waals surface area contributed by atoms with Gasteiger partial charge in [-0.15, -0.1) is 0 Å². The molecule has 5 nitrogen and oxygen atoms in total. The Balaban J connectivity index is 2.30. The number of nitrogen functional groups attached to an aromatic ring is 1. The molecule has 0 fully saturated rings. The van der Waals surface area contributed by atoms with Gasteiger partial charge in [0, 0.05) is 6.04 Å². The van der Waals surface area contributed by atoms with E-state index in [1.54, 1.807) is 24.3 Å². The Hall–Kier alpha value is -2.12. The molecule has 0 heterocycles. The topological polar surface area (TPSA) is 98.2 Å². The quantitative estimate of drug-likeness (QED) is 0.754. The van der Waals surface area contributed by atoms with Gasteiger partial charge in [0.2, 0.25) is 10.0 Å². The van der Waals surface area contributed by atoms with Crippen LogP contribution < -0.4 is 16.2 Å². The Morgan fingerprint density at radius 1 is 1.14 bits per heavy atom. The van der Waals surface area contributed by atoms with Crippen molar-refractivity contribution in [2.24, 2.45) is 5.14 Å². The maximum atomic E-state index is 12.9. The summed E-state index contributed by atoms with van der Waals surface area (Å²) >= 11 is 0. The molecule has 1 atom stereocenters. The average Bonchev–Trinajstić information content (AvgIpc) is 2.40. The standard InChI is InChI=1S/C14H16FN3O2S/c1-9(10-5-7-11(15)8-6-10)18-12-3-2-4-13(14(12)16)21(17,19)20/h2-9,18H,16H2,1H3,(H2,17,19,20). The van der Waals surface area contributed by atoms with E-state index in [-0.39, 0.29) is 22.4 Å². The fourth-order valence-electron chi connectivity index (χ4n) is 1.99. The molecule has 0 bridgehead atoms. The molecule has 5 N–H and O–H groups in total. The molecule has 0 radical (unpaired) electrons. The van der Waals surface area contributed by atoms with Gasteiger partial charge in [0.1, 0.15) is 10.7 Å². The molecule has 2 rings (SSSR count). The van der Waals surface area contributed by atoms with Crippen LogP contribution in [0.3, 0.4) is 0 Å². The van der Waals surface area contributed by atoms with Crippen molar-refractivity contribution in [2.75, 3.05) is 11.1 Å². The monoisotopic (exact) mass is 309 g/mol. The van der Waals surface area contributed by atoms with Crippen molar-refractivity contribution in [1.29, 1.82) is 0 Å². The van der Waals surface area contributed by atoms with Crippen LogP contribution in [0.4, 0.5) is 15.8 Å². The Morgan fingerprint density at radius 3 is 2.33 bits per heavy atom. The number of nitrogens with two attached hydrogens (primary N) is 2. The molecule has 2 aromatic carbocycles. The highest BCUT2D eigenvalue weighted by molar-refractivity contribution is 7.89. The summed E-state index contributed by atoms with van der Waals surface area (Å²) in [5.74, 6) is -0.318. The molecule has 21 heavy (non-hydrogen) atoms. The van der Waals surface area contributed by atoms with Gasteiger partial charge in [-0.25, -0.2) is 17.9 Å². The van der Waals surface area contributed by atoms with Crippen LogP contribution in [0.5, 0.6) is 0 Å². The van der Waals surface area contributed by atoms with Gasteiger partial charge in [0.05, 0.1) is 11.4 Å². The molecule has 0 amide bonds. The average molecular weight is 309 g/mol. The van der Waals surface area contributed by atoms with Gasteiger partial charge in [-0.2, -0.15) is 0 Å². The molecule has 0 aliphatic heterocycles. The minimum Gasteiger partial charge on any atom is -0.396 e. The van der Waals surface area contributed by atoms with Gasteiger partial charge >= 0.3 is 0 Å². The summed E-state index contributed by atoms with van der Waals surface area (Å²) in [6.45, 7) is 1.86. The van der Waals surface area contributed by atoms with Crippen LogP contribution in [0.15, 0.2) is 47.4 Å². The van der Waals surface area contributed by atoms with Gasteiger partial charge in [0.25, 0.3) is 0 Å². The third-order valence-corrected chi connectivity index (χ3v) is 4.08. The molecular formula is C14H16FN3O2S. The van der Waals surface area contributed by atoms with E-state index >= 15 is 0 Å². The number of nitrogens with one attached hydrogen (secondary N) is 1. The number of halogens is 1. The Labute approximate surface area is 122 Å². The van der Waals surface area contributed by atoms with Crippen molar-refractivity contribution in [3.05, 3.63) is 53.8 Å². The predicted molar refractivity (Wildman–Crippen MR) is 80.7 cm³/mol. The fourth-order valence-corrected chi connectivity index (χ4v) is 2.67. The summed E-state index contributed by atoms with van der Waals surface area (Å²) in [5.41, 5.74) is 7.20. The summed E-state index contributed by atoms with van der Waals surface area (Å²) in [6, 6.07) is 10.4. The number of primary sulfonamides is 1. The van der Waals surface area contributed by atoms with Crippen LogP contribution in [0.2, 0.25) is 0 Å². The third-order valence-electron chi connectivity index (χ3n) is 3.11. The summed E-state index contributed by atoms with van der Waals surface area (Å²) < 4.78 is 35.8.